The van der Waals surface area contributed by atoms with Gasteiger partial charge in [0.05, 0.1) is 16.7 Å². The number of rotatable bonds is 0. The van der Waals surface area contributed by atoms with Crippen molar-refractivity contribution in [3.63, 3.8) is 0 Å². The molecule has 0 aliphatic carbocycles. The Morgan fingerprint density at radius 3 is 1.53 bits per heavy atom. The third-order valence-corrected chi connectivity index (χ3v) is 3.98. The topological polar surface area (TPSA) is 78.9 Å². The van der Waals surface area contributed by atoms with Crippen molar-refractivity contribution in [3.8, 4) is 0 Å². The number of cyclic esters (lactones) is 3. The molecule has 32 heavy (non-hydrogen) atoms. The normalized spacial score (nSPS) is 13.3. The van der Waals surface area contributed by atoms with Crippen LogP contribution in [0.1, 0.15) is 50.9 Å². The summed E-state index contributed by atoms with van der Waals surface area (Å²) in [6, 6.07) is 14.0. The average molecular weight is 597 g/mol. The van der Waals surface area contributed by atoms with Crippen LogP contribution in [0.3, 0.4) is 0 Å². The van der Waals surface area contributed by atoms with Crippen LogP contribution in [0, 0.1) is 14.9 Å². The first kappa shape index (κ1) is 39.5. The van der Waals surface area contributed by atoms with Crippen molar-refractivity contribution in [2.75, 3.05) is 13.2 Å². The first-order valence-electron chi connectivity index (χ1n) is 8.35. The molecule has 3 aliphatic heterocycles. The molecular weight excluding hydrogens is 572 g/mol. The van der Waals surface area contributed by atoms with E-state index < -0.39 is 11.9 Å². The quantitative estimate of drug-likeness (QED) is 0.194. The van der Waals surface area contributed by atoms with E-state index in [2.05, 4.69) is 4.74 Å². The summed E-state index contributed by atoms with van der Waals surface area (Å²) in [5.41, 5.74) is 2.42. The number of benzene rings is 2. The van der Waals surface area contributed by atoms with Crippen LogP contribution in [-0.4, -0.2) is 39.5 Å². The minimum Gasteiger partial charge on any atom is -1.00 e. The summed E-state index contributed by atoms with van der Waals surface area (Å²) in [5.74, 6) is -1.30. The van der Waals surface area contributed by atoms with Gasteiger partial charge in [-0.1, -0.05) is 30.3 Å². The van der Waals surface area contributed by atoms with E-state index in [1.807, 2.05) is 18.2 Å². The van der Waals surface area contributed by atoms with Gasteiger partial charge < -0.3 is 30.5 Å². The fourth-order valence-electron chi connectivity index (χ4n) is 2.61. The Morgan fingerprint density at radius 2 is 1.12 bits per heavy atom. The van der Waals surface area contributed by atoms with Gasteiger partial charge in [0.25, 0.3) is 0 Å². The van der Waals surface area contributed by atoms with Gasteiger partial charge in [-0.3, -0.25) is 0 Å². The second-order valence-corrected chi connectivity index (χ2v) is 5.78. The van der Waals surface area contributed by atoms with Crippen LogP contribution in [0.2, 0.25) is 0 Å². The smallest absolute Gasteiger partial charge is 1.00 e. The largest absolute Gasteiger partial charge is 1.00 e. The first-order valence-corrected chi connectivity index (χ1v) is 8.35. The van der Waals surface area contributed by atoms with Gasteiger partial charge >= 0.3 is 47.5 Å². The third kappa shape index (κ3) is 11.1. The summed E-state index contributed by atoms with van der Waals surface area (Å²) in [7, 11) is 0. The van der Waals surface area contributed by atoms with Crippen LogP contribution in [0.15, 0.2) is 48.5 Å². The van der Waals surface area contributed by atoms with E-state index in [-0.39, 0.29) is 126 Å². The molecule has 0 aromatic heterocycles. The minimum absolute atomic E-state index is 0. The maximum Gasteiger partial charge on any atom is 1.00 e. The molecule has 5 rings (SSSR count). The van der Waals surface area contributed by atoms with Crippen LogP contribution in [0.4, 0.5) is 0 Å². The number of ether oxygens (including phenoxy) is 3. The molecule has 10 heteroatoms. The van der Waals surface area contributed by atoms with E-state index in [1.54, 1.807) is 30.3 Å². The summed E-state index contributed by atoms with van der Waals surface area (Å²) < 4.78 is 14.1. The van der Waals surface area contributed by atoms with Crippen molar-refractivity contribution in [3.05, 3.63) is 85.6 Å². The standard InChI is InChI=1S/C8H4O3.C8H6O2.C4H8O.2CH3.B.Na.2Y.H/c9-7-5-3-1-2-4-6(5)8(10)11-7;9-8-7-4-2-1-3-6(7)5-10-8;1-2-4-5-3-1;;;;;;;/h1-4H;1-4H,5H2;1-4H2;2*1H3;;;;;/q;;;2*-1;;+1;;;-1. The molecule has 3 heterocycles. The predicted molar refractivity (Wildman–Crippen MR) is 111 cm³/mol. The predicted octanol–water partition coefficient (Wildman–Crippen LogP) is 0.782. The van der Waals surface area contributed by atoms with Gasteiger partial charge in [-0.25, -0.2) is 14.4 Å². The molecule has 2 aromatic rings. The van der Waals surface area contributed by atoms with Gasteiger partial charge in [-0.15, -0.1) is 0 Å². The zero-order chi connectivity index (χ0) is 18.4. The van der Waals surface area contributed by atoms with Crippen LogP contribution >= 0.6 is 0 Å². The number of esters is 3. The molecule has 1 saturated heterocycles. The van der Waals surface area contributed by atoms with Crippen LogP contribution in [0.25, 0.3) is 0 Å². The Kier molecular flexibility index (Phi) is 25.5. The SMILES string of the molecule is C1CCOC1.O=C1OC(=O)c2ccccc21.O=C1OCc2ccccc21.[B].[CH3-].[CH3-].[H-].[Na+].[Y].[Y]. The second kappa shape index (κ2) is 20.6. The van der Waals surface area contributed by atoms with E-state index in [4.69, 9.17) is 9.47 Å². The van der Waals surface area contributed by atoms with E-state index in [0.717, 1.165) is 18.8 Å². The van der Waals surface area contributed by atoms with Crippen molar-refractivity contribution in [2.24, 2.45) is 0 Å². The van der Waals surface area contributed by atoms with Gasteiger partial charge in [-0.05, 0) is 31.0 Å². The van der Waals surface area contributed by atoms with Gasteiger partial charge in [0.15, 0.2) is 0 Å². The second-order valence-electron chi connectivity index (χ2n) is 5.78. The molecule has 0 spiro atoms. The van der Waals surface area contributed by atoms with Gasteiger partial charge in [0.1, 0.15) is 6.61 Å². The van der Waals surface area contributed by atoms with Crippen LogP contribution in [0.5, 0.6) is 0 Å². The summed E-state index contributed by atoms with van der Waals surface area (Å²) in [6.07, 6.45) is 2.56. The van der Waals surface area contributed by atoms with Crippen molar-refractivity contribution in [1.29, 1.82) is 0 Å². The molecule has 0 saturated carbocycles. The van der Waals surface area contributed by atoms with Gasteiger partial charge in [0.2, 0.25) is 0 Å². The zero-order valence-electron chi connectivity index (χ0n) is 19.8. The summed E-state index contributed by atoms with van der Waals surface area (Å²) in [4.78, 5) is 32.5. The van der Waals surface area contributed by atoms with Gasteiger partial charge in [-0.2, -0.15) is 0 Å². The van der Waals surface area contributed by atoms with E-state index >= 15 is 0 Å². The van der Waals surface area contributed by atoms with Crippen molar-refractivity contribution in [2.45, 2.75) is 19.4 Å². The molecule has 0 atom stereocenters. The monoisotopic (exact) mass is 597 g/mol. The van der Waals surface area contributed by atoms with Crippen LogP contribution < -0.4 is 29.6 Å². The number of hydrogen-bond donors (Lipinski definition) is 0. The summed E-state index contributed by atoms with van der Waals surface area (Å²) >= 11 is 0. The number of carbonyl (C=O) groups is 3. The Hall–Kier alpha value is 0.283. The Morgan fingerprint density at radius 1 is 0.688 bits per heavy atom. The molecule has 3 aliphatic rings. The maximum atomic E-state index is 10.8. The molecule has 161 valence electrons. The summed E-state index contributed by atoms with van der Waals surface area (Å²) in [6.45, 7) is 2.44. The zero-order valence-corrected chi connectivity index (χ0v) is 26.5. The molecule has 0 N–H and O–H groups in total. The number of hydrogen-bond acceptors (Lipinski definition) is 6. The third-order valence-electron chi connectivity index (χ3n) is 3.98. The number of fused-ring (bicyclic) bond motifs is 2. The van der Waals surface area contributed by atoms with Crippen molar-refractivity contribution >= 4 is 26.3 Å². The molecule has 0 bridgehead atoms. The molecular formula is C22H25BNaO6Y2-2. The fourth-order valence-corrected chi connectivity index (χ4v) is 2.61. The van der Waals surface area contributed by atoms with E-state index in [0.29, 0.717) is 23.3 Å². The van der Waals surface area contributed by atoms with E-state index in [9.17, 15) is 14.4 Å². The molecule has 0 amide bonds. The Balaban J connectivity index is -0.000000112. The molecule has 2 aromatic carbocycles. The summed E-state index contributed by atoms with van der Waals surface area (Å²) in [5, 5.41) is 0. The van der Waals surface area contributed by atoms with Crippen molar-refractivity contribution in [1.82, 2.24) is 0 Å². The Labute approximate surface area is 266 Å². The molecule has 1 fully saturated rings. The number of carbonyl (C=O) groups excluding carboxylic acids is 3. The molecule has 6 nitrogen and oxygen atoms in total. The van der Waals surface area contributed by atoms with Crippen LogP contribution in [-0.2, 0) is 86.2 Å². The fraction of sp³-hybridized carbons (Fsp3) is 0.227. The maximum absolute atomic E-state index is 10.8. The Bertz CT molecular complexity index is 813. The van der Waals surface area contributed by atoms with Gasteiger partial charge in [0, 0.05) is 92.6 Å². The molecule has 5 radical (unpaired) electrons. The van der Waals surface area contributed by atoms with Crippen molar-refractivity contribution < 1.29 is 125 Å². The minimum atomic E-state index is -0.550. The van der Waals surface area contributed by atoms with E-state index in [1.165, 1.54) is 12.8 Å². The molecule has 0 unspecified atom stereocenters. The average Bonchev–Trinajstić information content (AvgIpc) is 3.41. The first-order chi connectivity index (χ1) is 12.7.